The van der Waals surface area contributed by atoms with Gasteiger partial charge in [-0.2, -0.15) is 5.10 Å². The van der Waals surface area contributed by atoms with Crippen LogP contribution in [-0.2, 0) is 0 Å². The van der Waals surface area contributed by atoms with Crippen LogP contribution in [0.25, 0.3) is 0 Å². The van der Waals surface area contributed by atoms with Gasteiger partial charge in [-0.15, -0.1) is 0 Å². The van der Waals surface area contributed by atoms with E-state index < -0.39 is 5.91 Å². The highest BCUT2D eigenvalue weighted by Crippen LogP contribution is 2.36. The number of amides is 1. The molecule has 1 amide bonds. The minimum Gasteiger partial charge on any atom is -0.507 e. The summed E-state index contributed by atoms with van der Waals surface area (Å²) >= 11 is 5.93. The topological polar surface area (TPSA) is 71.4 Å². The molecule has 1 N–H and O–H groups in total. The number of benzene rings is 3. The van der Waals surface area contributed by atoms with Crippen LogP contribution in [0.2, 0.25) is 5.02 Å². The van der Waals surface area contributed by atoms with Crippen molar-refractivity contribution in [1.29, 1.82) is 0 Å². The molecule has 0 radical (unpaired) electrons. The molecule has 0 saturated carbocycles. The standard InChI is InChI=1S/C24H21ClN2O4/c1-30-18-8-3-15(4-9-18)21-14-22(16-5-10-19(31-2)11-6-16)27(26-21)24(29)20-12-7-17(25)13-23(20)28/h3-13,22,28H,14H2,1-2H3. The lowest BCUT2D eigenvalue weighted by Crippen LogP contribution is -2.27. The monoisotopic (exact) mass is 436 g/mol. The van der Waals surface area contributed by atoms with Gasteiger partial charge in [0.15, 0.2) is 0 Å². The van der Waals surface area contributed by atoms with E-state index in [-0.39, 0.29) is 17.4 Å². The molecule has 0 aromatic heterocycles. The number of methoxy groups -OCH3 is 2. The van der Waals surface area contributed by atoms with Crippen LogP contribution < -0.4 is 9.47 Å². The minimum absolute atomic E-state index is 0.141. The molecule has 0 aliphatic carbocycles. The predicted octanol–water partition coefficient (Wildman–Crippen LogP) is 5.05. The predicted molar refractivity (Wildman–Crippen MR) is 119 cm³/mol. The summed E-state index contributed by atoms with van der Waals surface area (Å²) in [4.78, 5) is 13.3. The highest BCUT2D eigenvalue weighted by Gasteiger charge is 2.34. The molecule has 0 saturated heterocycles. The van der Waals surface area contributed by atoms with E-state index in [1.807, 2.05) is 48.5 Å². The summed E-state index contributed by atoms with van der Waals surface area (Å²) in [7, 11) is 3.22. The largest absolute Gasteiger partial charge is 0.507 e. The van der Waals surface area contributed by atoms with E-state index in [1.165, 1.54) is 17.1 Å². The molecule has 3 aromatic carbocycles. The number of halogens is 1. The summed E-state index contributed by atoms with van der Waals surface area (Å²) in [5.74, 6) is 0.886. The van der Waals surface area contributed by atoms with Crippen molar-refractivity contribution in [3.63, 3.8) is 0 Å². The van der Waals surface area contributed by atoms with Gasteiger partial charge in [0, 0.05) is 11.4 Å². The summed E-state index contributed by atoms with van der Waals surface area (Å²) in [6, 6.07) is 19.2. The quantitative estimate of drug-likeness (QED) is 0.607. The van der Waals surface area contributed by atoms with E-state index >= 15 is 0 Å². The van der Waals surface area contributed by atoms with Crippen molar-refractivity contribution in [3.8, 4) is 17.2 Å². The smallest absolute Gasteiger partial charge is 0.278 e. The zero-order valence-electron chi connectivity index (χ0n) is 17.1. The van der Waals surface area contributed by atoms with E-state index in [2.05, 4.69) is 5.10 Å². The fourth-order valence-electron chi connectivity index (χ4n) is 3.55. The van der Waals surface area contributed by atoms with Crippen molar-refractivity contribution in [2.45, 2.75) is 12.5 Å². The number of phenolic OH excluding ortho intramolecular Hbond substituents is 1. The van der Waals surface area contributed by atoms with E-state index in [0.717, 1.165) is 28.3 Å². The molecule has 3 aromatic rings. The third-order valence-electron chi connectivity index (χ3n) is 5.23. The van der Waals surface area contributed by atoms with Crippen LogP contribution in [0.3, 0.4) is 0 Å². The van der Waals surface area contributed by atoms with Gasteiger partial charge < -0.3 is 14.6 Å². The summed E-state index contributed by atoms with van der Waals surface area (Å²) in [5.41, 5.74) is 2.72. The van der Waals surface area contributed by atoms with Crippen LogP contribution >= 0.6 is 11.6 Å². The second kappa shape index (κ2) is 8.70. The molecule has 158 valence electrons. The Labute approximate surface area is 185 Å². The van der Waals surface area contributed by atoms with Crippen LogP contribution in [0.15, 0.2) is 71.8 Å². The van der Waals surface area contributed by atoms with Crippen LogP contribution in [0.5, 0.6) is 17.2 Å². The molecule has 1 aliphatic rings. The lowest BCUT2D eigenvalue weighted by Gasteiger charge is -2.22. The number of nitrogens with zero attached hydrogens (tertiary/aromatic N) is 2. The van der Waals surface area contributed by atoms with Crippen molar-refractivity contribution in [2.75, 3.05) is 14.2 Å². The van der Waals surface area contributed by atoms with Gasteiger partial charge in [0.2, 0.25) is 0 Å². The van der Waals surface area contributed by atoms with Gasteiger partial charge in [-0.05, 0) is 65.7 Å². The highest BCUT2D eigenvalue weighted by molar-refractivity contribution is 6.30. The summed E-state index contributed by atoms with van der Waals surface area (Å²) in [6.07, 6.45) is 0.527. The molecular formula is C24H21ClN2O4. The Hall–Kier alpha value is -3.51. The fourth-order valence-corrected chi connectivity index (χ4v) is 3.72. The number of ether oxygens (including phenoxy) is 2. The first-order valence-corrected chi connectivity index (χ1v) is 10.1. The maximum atomic E-state index is 13.3. The Bertz CT molecular complexity index is 1130. The summed E-state index contributed by atoms with van der Waals surface area (Å²) < 4.78 is 10.5. The average molecular weight is 437 g/mol. The van der Waals surface area contributed by atoms with Gasteiger partial charge in [-0.25, -0.2) is 5.01 Å². The molecule has 0 fully saturated rings. The van der Waals surface area contributed by atoms with Gasteiger partial charge in [0.1, 0.15) is 17.2 Å². The Morgan fingerprint density at radius 3 is 2.19 bits per heavy atom. The second-order valence-corrected chi connectivity index (χ2v) is 7.52. The Kier molecular flexibility index (Phi) is 5.82. The Morgan fingerprint density at radius 1 is 1.00 bits per heavy atom. The lowest BCUT2D eigenvalue weighted by atomic mass is 9.98. The van der Waals surface area contributed by atoms with Crippen LogP contribution in [0, 0.1) is 0 Å². The number of phenols is 1. The van der Waals surface area contributed by atoms with E-state index in [1.54, 1.807) is 20.3 Å². The molecule has 7 heteroatoms. The maximum Gasteiger partial charge on any atom is 0.278 e. The first-order valence-electron chi connectivity index (χ1n) is 9.68. The SMILES string of the molecule is COc1ccc(C2=NN(C(=O)c3ccc(Cl)cc3O)C(c3ccc(OC)cc3)C2)cc1. The van der Waals surface area contributed by atoms with Crippen molar-refractivity contribution in [3.05, 3.63) is 88.4 Å². The zero-order valence-corrected chi connectivity index (χ0v) is 17.8. The van der Waals surface area contributed by atoms with Gasteiger partial charge in [-0.1, -0.05) is 23.7 Å². The van der Waals surface area contributed by atoms with E-state index in [4.69, 9.17) is 21.1 Å². The second-order valence-electron chi connectivity index (χ2n) is 7.08. The number of hydrogen-bond donors (Lipinski definition) is 1. The molecule has 1 unspecified atom stereocenters. The third kappa shape index (κ3) is 4.20. The number of rotatable bonds is 5. The highest BCUT2D eigenvalue weighted by atomic mass is 35.5. The summed E-state index contributed by atoms with van der Waals surface area (Å²) in [5, 5.41) is 16.7. The number of hydrazone groups is 1. The molecule has 1 atom stereocenters. The first kappa shape index (κ1) is 20.8. The molecule has 0 spiro atoms. The normalized spacial score (nSPS) is 15.5. The molecular weight excluding hydrogens is 416 g/mol. The zero-order chi connectivity index (χ0) is 22.0. The van der Waals surface area contributed by atoms with Crippen molar-refractivity contribution < 1.29 is 19.4 Å². The third-order valence-corrected chi connectivity index (χ3v) is 5.47. The Morgan fingerprint density at radius 2 is 1.61 bits per heavy atom. The van der Waals surface area contributed by atoms with Gasteiger partial charge in [-0.3, -0.25) is 4.79 Å². The van der Waals surface area contributed by atoms with Crippen LogP contribution in [0.4, 0.5) is 0 Å². The summed E-state index contributed by atoms with van der Waals surface area (Å²) in [6.45, 7) is 0. The van der Waals surface area contributed by atoms with Gasteiger partial charge in [0.25, 0.3) is 5.91 Å². The van der Waals surface area contributed by atoms with Gasteiger partial charge >= 0.3 is 0 Å². The molecule has 31 heavy (non-hydrogen) atoms. The number of carbonyl (C=O) groups is 1. The van der Waals surface area contributed by atoms with Gasteiger partial charge in [0.05, 0.1) is 31.5 Å². The minimum atomic E-state index is -0.404. The van der Waals surface area contributed by atoms with Crippen molar-refractivity contribution in [2.24, 2.45) is 5.10 Å². The van der Waals surface area contributed by atoms with E-state index in [9.17, 15) is 9.90 Å². The Balaban J connectivity index is 1.72. The van der Waals surface area contributed by atoms with E-state index in [0.29, 0.717) is 11.4 Å². The van der Waals surface area contributed by atoms with Crippen molar-refractivity contribution >= 4 is 23.2 Å². The fraction of sp³-hybridized carbons (Fsp3) is 0.167. The van der Waals surface area contributed by atoms with Crippen LogP contribution in [0.1, 0.15) is 33.9 Å². The number of aromatic hydroxyl groups is 1. The molecule has 6 nitrogen and oxygen atoms in total. The number of carbonyl (C=O) groups excluding carboxylic acids is 1. The lowest BCUT2D eigenvalue weighted by molar-refractivity contribution is 0.0708. The van der Waals surface area contributed by atoms with Crippen molar-refractivity contribution in [1.82, 2.24) is 5.01 Å². The molecule has 0 bridgehead atoms. The molecule has 1 heterocycles. The number of hydrogen-bond acceptors (Lipinski definition) is 5. The molecule has 1 aliphatic heterocycles. The maximum absolute atomic E-state index is 13.3. The molecule has 4 rings (SSSR count). The average Bonchev–Trinajstić information content (AvgIpc) is 3.24. The first-order chi connectivity index (χ1) is 15.0. The van der Waals surface area contributed by atoms with Crippen LogP contribution in [-0.4, -0.2) is 36.0 Å².